The quantitative estimate of drug-likeness (QED) is 0.421. The Morgan fingerprint density at radius 1 is 1.60 bits per heavy atom. The van der Waals surface area contributed by atoms with E-state index < -0.39 is 0 Å². The SMILES string of the molecule is [C-]#[N+]c1cccc(CI)n1. The van der Waals surface area contributed by atoms with E-state index in [9.17, 15) is 0 Å². The van der Waals surface area contributed by atoms with Gasteiger partial charge in [0.15, 0.2) is 0 Å². The fraction of sp³-hybridized carbons (Fsp3) is 0.143. The number of nitrogens with zero attached hydrogens (tertiary/aromatic N) is 2. The zero-order valence-corrected chi connectivity index (χ0v) is 7.37. The number of aromatic nitrogens is 1. The summed E-state index contributed by atoms with van der Waals surface area (Å²) in [5.41, 5.74) is 0.967. The van der Waals surface area contributed by atoms with Gasteiger partial charge in [0, 0.05) is 0 Å². The summed E-state index contributed by atoms with van der Waals surface area (Å²) in [5, 5.41) is 0. The Kier molecular flexibility index (Phi) is 2.63. The second-order valence-electron chi connectivity index (χ2n) is 1.73. The lowest BCUT2D eigenvalue weighted by Gasteiger charge is -1.88. The first-order valence-corrected chi connectivity index (χ1v) is 4.28. The van der Waals surface area contributed by atoms with Crippen LogP contribution in [-0.2, 0) is 4.43 Å². The van der Waals surface area contributed by atoms with Crippen molar-refractivity contribution in [2.45, 2.75) is 4.43 Å². The van der Waals surface area contributed by atoms with Crippen molar-refractivity contribution >= 4 is 28.4 Å². The lowest BCUT2D eigenvalue weighted by Crippen LogP contribution is -1.80. The first kappa shape index (κ1) is 7.48. The van der Waals surface area contributed by atoms with Crippen molar-refractivity contribution in [3.63, 3.8) is 0 Å². The van der Waals surface area contributed by atoms with Gasteiger partial charge in [0.25, 0.3) is 5.82 Å². The van der Waals surface area contributed by atoms with Crippen LogP contribution in [0, 0.1) is 6.57 Å². The molecular formula is C7H5IN2. The van der Waals surface area contributed by atoms with Gasteiger partial charge in [-0.2, -0.15) is 0 Å². The Bertz CT molecular complexity index is 265. The topological polar surface area (TPSA) is 17.2 Å². The summed E-state index contributed by atoms with van der Waals surface area (Å²) in [7, 11) is 0. The molecule has 3 heteroatoms. The second kappa shape index (κ2) is 3.52. The third-order valence-electron chi connectivity index (χ3n) is 1.04. The van der Waals surface area contributed by atoms with Gasteiger partial charge < -0.3 is 4.85 Å². The number of alkyl halides is 1. The molecule has 0 aliphatic heterocycles. The summed E-state index contributed by atoms with van der Waals surface area (Å²) in [5.74, 6) is 0.481. The maximum absolute atomic E-state index is 6.68. The van der Waals surface area contributed by atoms with Crippen molar-refractivity contribution in [2.75, 3.05) is 0 Å². The third kappa shape index (κ3) is 1.67. The molecule has 0 N–H and O–H groups in total. The zero-order chi connectivity index (χ0) is 7.40. The lowest BCUT2D eigenvalue weighted by molar-refractivity contribution is 1.21. The van der Waals surface area contributed by atoms with E-state index in [1.807, 2.05) is 12.1 Å². The molecule has 0 aliphatic rings. The highest BCUT2D eigenvalue weighted by Gasteiger charge is 1.96. The van der Waals surface area contributed by atoms with Gasteiger partial charge in [-0.25, -0.2) is 0 Å². The zero-order valence-electron chi connectivity index (χ0n) is 5.21. The van der Waals surface area contributed by atoms with Crippen LogP contribution in [0.3, 0.4) is 0 Å². The van der Waals surface area contributed by atoms with Gasteiger partial charge in [-0.15, -0.1) is 4.98 Å². The Labute approximate surface area is 73.2 Å². The standard InChI is InChI=1S/C7H5IN2/c1-9-7-4-2-3-6(5-8)10-7/h2-4H,5H2. The molecule has 0 saturated carbocycles. The molecule has 50 valence electrons. The van der Waals surface area contributed by atoms with E-state index in [4.69, 9.17) is 6.57 Å². The van der Waals surface area contributed by atoms with E-state index in [0.717, 1.165) is 10.1 Å². The van der Waals surface area contributed by atoms with Crippen LogP contribution in [0.4, 0.5) is 5.82 Å². The van der Waals surface area contributed by atoms with Crippen LogP contribution in [0.5, 0.6) is 0 Å². The minimum Gasteiger partial charge on any atom is -0.361 e. The monoisotopic (exact) mass is 244 g/mol. The van der Waals surface area contributed by atoms with Crippen LogP contribution < -0.4 is 0 Å². The highest BCUT2D eigenvalue weighted by Crippen LogP contribution is 2.09. The van der Waals surface area contributed by atoms with E-state index in [0.29, 0.717) is 5.82 Å². The molecule has 10 heavy (non-hydrogen) atoms. The van der Waals surface area contributed by atoms with Crippen LogP contribution in [-0.4, -0.2) is 4.98 Å². The molecule has 2 nitrogen and oxygen atoms in total. The molecule has 0 atom stereocenters. The van der Waals surface area contributed by atoms with Gasteiger partial charge in [0.05, 0.1) is 4.43 Å². The predicted molar refractivity (Wildman–Crippen MR) is 48.2 cm³/mol. The minimum atomic E-state index is 0.481. The summed E-state index contributed by atoms with van der Waals surface area (Å²) in [6.07, 6.45) is 0. The average molecular weight is 244 g/mol. The largest absolute Gasteiger partial charge is 0.361 e. The molecular weight excluding hydrogens is 239 g/mol. The number of hydrogen-bond donors (Lipinski definition) is 0. The van der Waals surface area contributed by atoms with Crippen LogP contribution in [0.1, 0.15) is 5.69 Å². The summed E-state index contributed by atoms with van der Waals surface area (Å²) in [4.78, 5) is 7.26. The maximum atomic E-state index is 6.68. The molecule has 0 amide bonds. The Morgan fingerprint density at radius 3 is 3.00 bits per heavy atom. The van der Waals surface area contributed by atoms with Crippen molar-refractivity contribution in [3.8, 4) is 0 Å². The predicted octanol–water partition coefficient (Wildman–Crippen LogP) is 2.57. The highest BCUT2D eigenvalue weighted by atomic mass is 127. The molecule has 1 aromatic heterocycles. The Morgan fingerprint density at radius 2 is 2.40 bits per heavy atom. The van der Waals surface area contributed by atoms with Crippen LogP contribution >= 0.6 is 22.6 Å². The Balaban J connectivity index is 3.01. The van der Waals surface area contributed by atoms with Crippen LogP contribution in [0.15, 0.2) is 18.2 Å². The molecule has 0 aromatic carbocycles. The number of pyridine rings is 1. The minimum absolute atomic E-state index is 0.481. The first-order chi connectivity index (χ1) is 4.86. The molecule has 1 heterocycles. The highest BCUT2D eigenvalue weighted by molar-refractivity contribution is 14.1. The van der Waals surface area contributed by atoms with Crippen LogP contribution in [0.2, 0.25) is 0 Å². The maximum Gasteiger partial charge on any atom is 0.269 e. The van der Waals surface area contributed by atoms with E-state index in [-0.39, 0.29) is 0 Å². The average Bonchev–Trinajstić information content (AvgIpc) is 2.05. The van der Waals surface area contributed by atoms with E-state index in [1.54, 1.807) is 6.07 Å². The molecule has 1 aromatic rings. The summed E-state index contributed by atoms with van der Waals surface area (Å²) in [6, 6.07) is 5.48. The Hall–Kier alpha value is -0.630. The fourth-order valence-electron chi connectivity index (χ4n) is 0.604. The van der Waals surface area contributed by atoms with E-state index in [1.165, 1.54) is 0 Å². The number of hydrogen-bond acceptors (Lipinski definition) is 1. The fourth-order valence-corrected chi connectivity index (χ4v) is 1.03. The molecule has 1 rings (SSSR count). The van der Waals surface area contributed by atoms with E-state index in [2.05, 4.69) is 32.4 Å². The van der Waals surface area contributed by atoms with Crippen molar-refractivity contribution < 1.29 is 0 Å². The van der Waals surface area contributed by atoms with Crippen molar-refractivity contribution in [3.05, 3.63) is 35.3 Å². The molecule has 0 fully saturated rings. The van der Waals surface area contributed by atoms with Gasteiger partial charge in [0.2, 0.25) is 0 Å². The summed E-state index contributed by atoms with van der Waals surface area (Å²) < 4.78 is 0.862. The van der Waals surface area contributed by atoms with Gasteiger partial charge in [-0.1, -0.05) is 35.2 Å². The molecule has 0 spiro atoms. The number of rotatable bonds is 1. The molecule has 0 unspecified atom stereocenters. The van der Waals surface area contributed by atoms with Crippen molar-refractivity contribution in [2.24, 2.45) is 0 Å². The number of halogens is 1. The molecule has 0 aliphatic carbocycles. The lowest BCUT2D eigenvalue weighted by atomic mass is 10.4. The van der Waals surface area contributed by atoms with Gasteiger partial charge in [-0.05, 0) is 12.1 Å². The van der Waals surface area contributed by atoms with Gasteiger partial charge >= 0.3 is 0 Å². The molecule has 0 bridgehead atoms. The van der Waals surface area contributed by atoms with Gasteiger partial charge in [-0.3, -0.25) is 0 Å². The first-order valence-electron chi connectivity index (χ1n) is 2.76. The van der Waals surface area contributed by atoms with E-state index >= 15 is 0 Å². The van der Waals surface area contributed by atoms with Crippen molar-refractivity contribution in [1.82, 2.24) is 4.98 Å². The van der Waals surface area contributed by atoms with Crippen LogP contribution in [0.25, 0.3) is 4.85 Å². The van der Waals surface area contributed by atoms with Gasteiger partial charge in [0.1, 0.15) is 5.69 Å². The second-order valence-corrected chi connectivity index (χ2v) is 2.50. The molecule has 0 radical (unpaired) electrons. The molecule has 0 saturated heterocycles. The smallest absolute Gasteiger partial charge is 0.269 e. The van der Waals surface area contributed by atoms with Crippen molar-refractivity contribution in [1.29, 1.82) is 0 Å². The third-order valence-corrected chi connectivity index (χ3v) is 1.83. The normalized spacial score (nSPS) is 8.80. The summed E-state index contributed by atoms with van der Waals surface area (Å²) >= 11 is 2.22. The summed E-state index contributed by atoms with van der Waals surface area (Å²) in [6.45, 7) is 6.68.